The third-order valence-electron chi connectivity index (χ3n) is 4.06. The summed E-state index contributed by atoms with van der Waals surface area (Å²) >= 11 is 5.86. The first-order valence-electron chi connectivity index (χ1n) is 7.43. The highest BCUT2D eigenvalue weighted by Crippen LogP contribution is 2.32. The molecule has 0 saturated heterocycles. The molecule has 0 aromatic heterocycles. The predicted molar refractivity (Wildman–Crippen MR) is 94.1 cm³/mol. The molecule has 0 bridgehead atoms. The molecular weight excluding hydrogens is 348 g/mol. The highest BCUT2D eigenvalue weighted by molar-refractivity contribution is 7.89. The minimum atomic E-state index is -3.48. The van der Waals surface area contributed by atoms with Gasteiger partial charge >= 0.3 is 0 Å². The number of carbonyl (C=O) groups excluding carboxylic acids is 1. The smallest absolute Gasteiger partial charge is 0.258 e. The standard InChI is InChI=1S/C17H17ClN2O3S/c1-19(2)24(22,23)15-7-8-16-13(11-15)9-10-20(16)17(21)12-3-5-14(18)6-4-12/h3-8,11H,9-10H2,1-2H3. The number of halogens is 1. The van der Waals surface area contributed by atoms with E-state index >= 15 is 0 Å². The largest absolute Gasteiger partial charge is 0.308 e. The van der Waals surface area contributed by atoms with E-state index in [4.69, 9.17) is 11.6 Å². The van der Waals surface area contributed by atoms with E-state index in [1.165, 1.54) is 18.4 Å². The molecule has 7 heteroatoms. The lowest BCUT2D eigenvalue weighted by molar-refractivity contribution is 0.0989. The molecule has 0 aliphatic carbocycles. The van der Waals surface area contributed by atoms with Crippen LogP contribution in [-0.2, 0) is 16.4 Å². The Hall–Kier alpha value is -1.89. The molecule has 2 aromatic carbocycles. The molecule has 3 rings (SSSR count). The number of fused-ring (bicyclic) bond motifs is 1. The van der Waals surface area contributed by atoms with Gasteiger partial charge in [-0.3, -0.25) is 4.79 Å². The molecule has 0 fully saturated rings. The van der Waals surface area contributed by atoms with Crippen LogP contribution in [0.4, 0.5) is 5.69 Å². The Labute approximate surface area is 146 Å². The summed E-state index contributed by atoms with van der Waals surface area (Å²) < 4.78 is 25.6. The molecule has 5 nitrogen and oxygen atoms in total. The number of amides is 1. The van der Waals surface area contributed by atoms with Gasteiger partial charge in [-0.2, -0.15) is 0 Å². The number of carbonyl (C=O) groups is 1. The van der Waals surface area contributed by atoms with E-state index in [0.717, 1.165) is 11.3 Å². The van der Waals surface area contributed by atoms with Gasteiger partial charge in [-0.1, -0.05) is 11.6 Å². The topological polar surface area (TPSA) is 57.7 Å². The van der Waals surface area contributed by atoms with Crippen LogP contribution in [-0.4, -0.2) is 39.3 Å². The van der Waals surface area contributed by atoms with E-state index in [-0.39, 0.29) is 10.8 Å². The minimum absolute atomic E-state index is 0.117. The fraction of sp³-hybridized carbons (Fsp3) is 0.235. The number of anilines is 1. The maximum absolute atomic E-state index is 12.7. The maximum Gasteiger partial charge on any atom is 0.258 e. The summed E-state index contributed by atoms with van der Waals surface area (Å²) in [6.07, 6.45) is 0.630. The minimum Gasteiger partial charge on any atom is -0.308 e. The summed E-state index contributed by atoms with van der Waals surface area (Å²) in [4.78, 5) is 14.6. The Morgan fingerprint density at radius 2 is 1.79 bits per heavy atom. The van der Waals surface area contributed by atoms with Crippen LogP contribution in [0.25, 0.3) is 0 Å². The normalized spacial score (nSPS) is 14.1. The lowest BCUT2D eigenvalue weighted by atomic mass is 10.1. The first-order valence-corrected chi connectivity index (χ1v) is 9.25. The first-order chi connectivity index (χ1) is 11.3. The lowest BCUT2D eigenvalue weighted by Gasteiger charge is -2.18. The van der Waals surface area contributed by atoms with Crippen molar-refractivity contribution in [1.82, 2.24) is 4.31 Å². The molecule has 0 saturated carbocycles. The van der Waals surface area contributed by atoms with Crippen molar-refractivity contribution in [1.29, 1.82) is 0 Å². The third kappa shape index (κ3) is 2.92. The monoisotopic (exact) mass is 364 g/mol. The number of benzene rings is 2. The van der Waals surface area contributed by atoms with Crippen LogP contribution in [0.2, 0.25) is 5.02 Å². The second-order valence-corrected chi connectivity index (χ2v) is 8.38. The van der Waals surface area contributed by atoms with Gasteiger partial charge in [0.1, 0.15) is 0 Å². The maximum atomic E-state index is 12.7. The number of nitrogens with zero attached hydrogens (tertiary/aromatic N) is 2. The van der Waals surface area contributed by atoms with Crippen LogP contribution < -0.4 is 4.90 Å². The highest BCUT2D eigenvalue weighted by Gasteiger charge is 2.27. The molecule has 0 spiro atoms. The van der Waals surface area contributed by atoms with Gasteiger partial charge in [-0.05, 0) is 54.4 Å². The van der Waals surface area contributed by atoms with Crippen molar-refractivity contribution >= 4 is 33.2 Å². The average molecular weight is 365 g/mol. The summed E-state index contributed by atoms with van der Waals surface area (Å²) in [5.74, 6) is -0.117. The van der Waals surface area contributed by atoms with Crippen molar-refractivity contribution in [2.45, 2.75) is 11.3 Å². The van der Waals surface area contributed by atoms with Crippen LogP contribution in [0, 0.1) is 0 Å². The van der Waals surface area contributed by atoms with Gasteiger partial charge in [-0.25, -0.2) is 12.7 Å². The molecule has 1 aliphatic rings. The second kappa shape index (κ2) is 6.20. The Balaban J connectivity index is 1.93. The Morgan fingerprint density at radius 3 is 2.42 bits per heavy atom. The van der Waals surface area contributed by atoms with Gasteiger partial charge < -0.3 is 4.90 Å². The van der Waals surface area contributed by atoms with Gasteiger partial charge in [0.2, 0.25) is 10.0 Å². The third-order valence-corrected chi connectivity index (χ3v) is 6.12. The molecule has 126 valence electrons. The molecule has 0 N–H and O–H groups in total. The van der Waals surface area contributed by atoms with E-state index in [9.17, 15) is 13.2 Å². The molecule has 1 aliphatic heterocycles. The van der Waals surface area contributed by atoms with Crippen molar-refractivity contribution in [3.8, 4) is 0 Å². The van der Waals surface area contributed by atoms with Crippen molar-refractivity contribution in [2.24, 2.45) is 0 Å². The number of hydrogen-bond donors (Lipinski definition) is 0. The fourth-order valence-electron chi connectivity index (χ4n) is 2.71. The predicted octanol–water partition coefficient (Wildman–Crippen LogP) is 2.79. The summed E-state index contributed by atoms with van der Waals surface area (Å²) in [6, 6.07) is 11.6. The molecule has 1 amide bonds. The summed E-state index contributed by atoms with van der Waals surface area (Å²) in [5.41, 5.74) is 2.17. The summed E-state index contributed by atoms with van der Waals surface area (Å²) in [5, 5.41) is 0.576. The number of rotatable bonds is 3. The van der Waals surface area contributed by atoms with Gasteiger partial charge in [0, 0.05) is 36.9 Å². The Bertz CT molecular complexity index is 893. The number of sulfonamides is 1. The first kappa shape index (κ1) is 17.0. The van der Waals surface area contributed by atoms with Gasteiger partial charge in [-0.15, -0.1) is 0 Å². The van der Waals surface area contributed by atoms with Crippen LogP contribution in [0.1, 0.15) is 15.9 Å². The van der Waals surface area contributed by atoms with Gasteiger partial charge in [0.25, 0.3) is 5.91 Å². The average Bonchev–Trinajstić information content (AvgIpc) is 2.97. The lowest BCUT2D eigenvalue weighted by Crippen LogP contribution is -2.28. The zero-order chi connectivity index (χ0) is 17.5. The van der Waals surface area contributed by atoms with E-state index in [0.29, 0.717) is 23.6 Å². The quantitative estimate of drug-likeness (QED) is 0.841. The second-order valence-electron chi connectivity index (χ2n) is 5.79. The van der Waals surface area contributed by atoms with Crippen molar-refractivity contribution in [3.05, 3.63) is 58.6 Å². The van der Waals surface area contributed by atoms with Crippen molar-refractivity contribution < 1.29 is 13.2 Å². The van der Waals surface area contributed by atoms with E-state index in [1.54, 1.807) is 47.4 Å². The van der Waals surface area contributed by atoms with Crippen LogP contribution in [0.3, 0.4) is 0 Å². The summed E-state index contributed by atoms with van der Waals surface area (Å²) in [7, 11) is -0.480. The van der Waals surface area contributed by atoms with Gasteiger partial charge in [0.15, 0.2) is 0 Å². The van der Waals surface area contributed by atoms with Crippen LogP contribution >= 0.6 is 11.6 Å². The molecule has 2 aromatic rings. The van der Waals surface area contributed by atoms with E-state index in [1.807, 2.05) is 0 Å². The zero-order valence-electron chi connectivity index (χ0n) is 13.4. The van der Waals surface area contributed by atoms with E-state index in [2.05, 4.69) is 0 Å². The zero-order valence-corrected chi connectivity index (χ0v) is 14.9. The number of hydrogen-bond acceptors (Lipinski definition) is 3. The fourth-order valence-corrected chi connectivity index (χ4v) is 3.79. The highest BCUT2D eigenvalue weighted by atomic mass is 35.5. The Morgan fingerprint density at radius 1 is 1.12 bits per heavy atom. The van der Waals surface area contributed by atoms with E-state index < -0.39 is 10.0 Å². The van der Waals surface area contributed by atoms with Gasteiger partial charge in [0.05, 0.1) is 4.90 Å². The molecule has 0 radical (unpaired) electrons. The van der Waals surface area contributed by atoms with Crippen LogP contribution in [0.5, 0.6) is 0 Å². The molecule has 24 heavy (non-hydrogen) atoms. The van der Waals surface area contributed by atoms with Crippen molar-refractivity contribution in [3.63, 3.8) is 0 Å². The van der Waals surface area contributed by atoms with Crippen molar-refractivity contribution in [2.75, 3.05) is 25.5 Å². The van der Waals surface area contributed by atoms with Crippen LogP contribution in [0.15, 0.2) is 47.4 Å². The molecule has 0 unspecified atom stereocenters. The SMILES string of the molecule is CN(C)S(=O)(=O)c1ccc2c(c1)CCN2C(=O)c1ccc(Cl)cc1. The Kier molecular flexibility index (Phi) is 4.38. The molecule has 1 heterocycles. The molecular formula is C17H17ClN2O3S. The molecule has 0 atom stereocenters. The summed E-state index contributed by atoms with van der Waals surface area (Å²) in [6.45, 7) is 0.530.